The van der Waals surface area contributed by atoms with Crippen LogP contribution < -0.4 is 22.3 Å². The van der Waals surface area contributed by atoms with Gasteiger partial charge in [0.1, 0.15) is 12.6 Å². The van der Waals surface area contributed by atoms with Crippen LogP contribution in [0.15, 0.2) is 0 Å². The quantitative estimate of drug-likeness (QED) is 0.221. The number of carboxylic acids is 1. The summed E-state index contributed by atoms with van der Waals surface area (Å²) in [6.07, 6.45) is 1.57. The summed E-state index contributed by atoms with van der Waals surface area (Å²) in [5.74, 6) is 2.83. The molecule has 0 aliphatic carbocycles. The summed E-state index contributed by atoms with van der Waals surface area (Å²) in [6, 6.07) is -0.869. The zero-order valence-corrected chi connectivity index (χ0v) is 10.6. The van der Waals surface area contributed by atoms with Crippen molar-refractivity contribution in [3.05, 3.63) is 0 Å². The van der Waals surface area contributed by atoms with Crippen LogP contribution in [0, 0.1) is 0 Å². The predicted octanol–water partition coefficient (Wildman–Crippen LogP) is -2.31. The summed E-state index contributed by atoms with van der Waals surface area (Å²) >= 11 is 0. The first-order chi connectivity index (χ1) is 8.97. The van der Waals surface area contributed by atoms with Crippen LogP contribution in [0.3, 0.4) is 0 Å². The number of carboxylic acid groups (broad SMARTS) is 1. The Balaban J connectivity index is 3.48. The summed E-state index contributed by atoms with van der Waals surface area (Å²) in [6.45, 7) is -0.0639. The molecule has 110 valence electrons. The number of hydrogen-bond acceptors (Lipinski definition) is 6. The second-order valence-corrected chi connectivity index (χ2v) is 3.88. The molecule has 9 heteroatoms. The first-order valence-corrected chi connectivity index (χ1v) is 5.80. The average molecular weight is 276 g/mol. The SMILES string of the molecule is NOCC(=O)NCC(=O)NCCCC[C@H](N)C(=O)O. The molecule has 0 spiro atoms. The number of nitrogens with one attached hydrogen (secondary N) is 2. The fourth-order valence-electron chi connectivity index (χ4n) is 1.21. The summed E-state index contributed by atoms with van der Waals surface area (Å²) in [7, 11) is 0. The number of carbonyl (C=O) groups excluding carboxylic acids is 2. The largest absolute Gasteiger partial charge is 0.480 e. The normalized spacial score (nSPS) is 11.7. The number of nitrogens with two attached hydrogens (primary N) is 2. The fraction of sp³-hybridized carbons (Fsp3) is 0.700. The van der Waals surface area contributed by atoms with Gasteiger partial charge in [0.25, 0.3) is 0 Å². The molecule has 0 rings (SSSR count). The lowest BCUT2D eigenvalue weighted by atomic mass is 10.1. The first-order valence-electron chi connectivity index (χ1n) is 5.80. The Kier molecular flexibility index (Phi) is 9.31. The smallest absolute Gasteiger partial charge is 0.320 e. The maximum Gasteiger partial charge on any atom is 0.320 e. The van der Waals surface area contributed by atoms with E-state index in [1.807, 2.05) is 0 Å². The Morgan fingerprint density at radius 1 is 1.16 bits per heavy atom. The molecule has 9 nitrogen and oxygen atoms in total. The molecule has 0 aliphatic rings. The Morgan fingerprint density at radius 3 is 2.42 bits per heavy atom. The van der Waals surface area contributed by atoms with Gasteiger partial charge in [0.15, 0.2) is 0 Å². The van der Waals surface area contributed by atoms with E-state index in [0.717, 1.165) is 0 Å². The standard InChI is InChI=1S/C10H20N4O5/c11-7(10(17)18)3-1-2-4-13-8(15)5-14-9(16)6-19-12/h7H,1-6,11-12H2,(H,13,15)(H,14,16)(H,17,18)/t7-/m0/s1. The minimum Gasteiger partial charge on any atom is -0.480 e. The van der Waals surface area contributed by atoms with E-state index in [4.69, 9.17) is 10.8 Å². The lowest BCUT2D eigenvalue weighted by Crippen LogP contribution is -2.39. The van der Waals surface area contributed by atoms with Crippen molar-refractivity contribution in [2.45, 2.75) is 25.3 Å². The topological polar surface area (TPSA) is 157 Å². The van der Waals surface area contributed by atoms with E-state index in [1.165, 1.54) is 0 Å². The monoisotopic (exact) mass is 276 g/mol. The number of rotatable bonds is 10. The lowest BCUT2D eigenvalue weighted by Gasteiger charge is -2.08. The summed E-state index contributed by atoms with van der Waals surface area (Å²) in [5, 5.41) is 13.4. The van der Waals surface area contributed by atoms with E-state index in [9.17, 15) is 14.4 Å². The minimum atomic E-state index is -1.03. The van der Waals surface area contributed by atoms with E-state index < -0.39 is 17.9 Å². The second kappa shape index (κ2) is 10.2. The van der Waals surface area contributed by atoms with Gasteiger partial charge in [0.2, 0.25) is 11.8 Å². The van der Waals surface area contributed by atoms with Crippen LogP contribution in [0.1, 0.15) is 19.3 Å². The van der Waals surface area contributed by atoms with Crippen molar-refractivity contribution < 1.29 is 24.3 Å². The summed E-state index contributed by atoms with van der Waals surface area (Å²) in [5.41, 5.74) is 5.31. The van der Waals surface area contributed by atoms with E-state index in [-0.39, 0.29) is 19.1 Å². The average Bonchev–Trinajstić information content (AvgIpc) is 2.36. The molecular formula is C10H20N4O5. The van der Waals surface area contributed by atoms with Gasteiger partial charge >= 0.3 is 5.97 Å². The second-order valence-electron chi connectivity index (χ2n) is 3.88. The predicted molar refractivity (Wildman–Crippen MR) is 65.6 cm³/mol. The van der Waals surface area contributed by atoms with Crippen molar-refractivity contribution in [2.75, 3.05) is 19.7 Å². The van der Waals surface area contributed by atoms with Crippen molar-refractivity contribution in [1.82, 2.24) is 10.6 Å². The van der Waals surface area contributed by atoms with Crippen molar-refractivity contribution in [2.24, 2.45) is 11.6 Å². The van der Waals surface area contributed by atoms with Gasteiger partial charge < -0.3 is 21.5 Å². The van der Waals surface area contributed by atoms with Gasteiger partial charge in [-0.3, -0.25) is 19.2 Å². The maximum atomic E-state index is 11.2. The van der Waals surface area contributed by atoms with Gasteiger partial charge in [-0.1, -0.05) is 0 Å². The molecule has 0 fully saturated rings. The number of unbranched alkanes of at least 4 members (excludes halogenated alkanes) is 1. The molecule has 1 atom stereocenters. The van der Waals surface area contributed by atoms with E-state index in [2.05, 4.69) is 21.4 Å². The van der Waals surface area contributed by atoms with Crippen molar-refractivity contribution in [1.29, 1.82) is 0 Å². The van der Waals surface area contributed by atoms with Crippen LogP contribution in [0.2, 0.25) is 0 Å². The van der Waals surface area contributed by atoms with Crippen LogP contribution in [-0.2, 0) is 19.2 Å². The van der Waals surface area contributed by atoms with Crippen molar-refractivity contribution in [3.63, 3.8) is 0 Å². The highest BCUT2D eigenvalue weighted by Crippen LogP contribution is 1.97. The van der Waals surface area contributed by atoms with Crippen LogP contribution in [0.4, 0.5) is 0 Å². The van der Waals surface area contributed by atoms with Crippen LogP contribution >= 0.6 is 0 Å². The third-order valence-corrected chi connectivity index (χ3v) is 2.24. The molecule has 0 aromatic heterocycles. The van der Waals surface area contributed by atoms with Gasteiger partial charge in [0.05, 0.1) is 6.54 Å². The third kappa shape index (κ3) is 9.94. The molecule has 7 N–H and O–H groups in total. The van der Waals surface area contributed by atoms with Gasteiger partial charge in [-0.05, 0) is 19.3 Å². The van der Waals surface area contributed by atoms with Gasteiger partial charge in [-0.15, -0.1) is 0 Å². The summed E-state index contributed by atoms with van der Waals surface area (Å²) in [4.78, 5) is 36.6. The molecule has 0 saturated heterocycles. The zero-order chi connectivity index (χ0) is 14.7. The number of amides is 2. The summed E-state index contributed by atoms with van der Waals surface area (Å²) < 4.78 is 0. The van der Waals surface area contributed by atoms with Crippen molar-refractivity contribution in [3.8, 4) is 0 Å². The highest BCUT2D eigenvalue weighted by Gasteiger charge is 2.10. The Morgan fingerprint density at radius 2 is 1.84 bits per heavy atom. The zero-order valence-electron chi connectivity index (χ0n) is 10.6. The molecule has 19 heavy (non-hydrogen) atoms. The Hall–Kier alpha value is -1.71. The molecule has 0 unspecified atom stereocenters. The lowest BCUT2D eigenvalue weighted by molar-refractivity contribution is -0.138. The Labute approximate surface area is 110 Å². The number of hydrogen-bond donors (Lipinski definition) is 5. The molecule has 0 saturated carbocycles. The van der Waals surface area contributed by atoms with Crippen LogP contribution in [0.25, 0.3) is 0 Å². The maximum absolute atomic E-state index is 11.2. The molecule has 0 aromatic carbocycles. The molecule has 0 bridgehead atoms. The highest BCUT2D eigenvalue weighted by molar-refractivity contribution is 5.85. The van der Waals surface area contributed by atoms with Gasteiger partial charge in [-0.2, -0.15) is 0 Å². The highest BCUT2D eigenvalue weighted by atomic mass is 16.6. The molecule has 0 aliphatic heterocycles. The molecular weight excluding hydrogens is 256 g/mol. The Bertz CT molecular complexity index is 310. The molecule has 0 heterocycles. The van der Waals surface area contributed by atoms with E-state index in [0.29, 0.717) is 25.8 Å². The molecule has 0 radical (unpaired) electrons. The first kappa shape index (κ1) is 17.3. The van der Waals surface area contributed by atoms with Crippen LogP contribution in [0.5, 0.6) is 0 Å². The van der Waals surface area contributed by atoms with E-state index >= 15 is 0 Å². The van der Waals surface area contributed by atoms with Gasteiger partial charge in [0, 0.05) is 6.54 Å². The minimum absolute atomic E-state index is 0.156. The van der Waals surface area contributed by atoms with E-state index in [1.54, 1.807) is 0 Å². The van der Waals surface area contributed by atoms with Crippen LogP contribution in [-0.4, -0.2) is 48.6 Å². The van der Waals surface area contributed by atoms with Gasteiger partial charge in [-0.25, -0.2) is 5.90 Å². The number of carbonyl (C=O) groups is 3. The molecule has 0 aromatic rings. The number of aliphatic carboxylic acids is 1. The van der Waals surface area contributed by atoms with Crippen molar-refractivity contribution >= 4 is 17.8 Å². The third-order valence-electron chi connectivity index (χ3n) is 2.24. The fourth-order valence-corrected chi connectivity index (χ4v) is 1.21. The molecule has 2 amide bonds.